The molecule has 8 rings (SSSR count). The molecule has 3 aromatic carbocycles. The molecule has 0 aliphatic carbocycles. The average molecular weight is 734 g/mol. The van der Waals surface area contributed by atoms with Gasteiger partial charge in [-0.1, -0.05) is 46.6 Å². The lowest BCUT2D eigenvalue weighted by molar-refractivity contribution is 0.0515. The zero-order valence-electron chi connectivity index (χ0n) is 27.8. The van der Waals surface area contributed by atoms with Crippen LogP contribution in [0.25, 0.3) is 33.3 Å². The Morgan fingerprint density at radius 3 is 2.45 bits per heavy atom. The van der Waals surface area contributed by atoms with Crippen molar-refractivity contribution < 1.29 is 32.9 Å². The number of methoxy groups -OCH3 is 2. The maximum absolute atomic E-state index is 15.9. The summed E-state index contributed by atoms with van der Waals surface area (Å²) in [5.74, 6) is -0.850. The monoisotopic (exact) mass is 732 g/mol. The summed E-state index contributed by atoms with van der Waals surface area (Å²) in [6.07, 6.45) is 3.41. The molecular formula is C36H31Cl2FN6O6. The van der Waals surface area contributed by atoms with Crippen LogP contribution in [0.2, 0.25) is 10.0 Å². The van der Waals surface area contributed by atoms with Gasteiger partial charge in [0, 0.05) is 35.5 Å². The molecule has 5 heterocycles. The molecule has 5 aromatic rings. The number of amides is 1. The number of morpholine rings is 1. The Morgan fingerprint density at radius 2 is 1.75 bits per heavy atom. The van der Waals surface area contributed by atoms with Crippen molar-refractivity contribution in [1.29, 1.82) is 0 Å². The average Bonchev–Trinajstić information content (AvgIpc) is 3.64. The lowest BCUT2D eigenvalue weighted by Gasteiger charge is -2.37. The van der Waals surface area contributed by atoms with Gasteiger partial charge in [-0.05, 0) is 42.7 Å². The second-order valence-electron chi connectivity index (χ2n) is 12.6. The van der Waals surface area contributed by atoms with E-state index < -0.39 is 17.7 Å². The predicted octanol–water partition coefficient (Wildman–Crippen LogP) is 6.30. The van der Waals surface area contributed by atoms with E-state index in [9.17, 15) is 9.59 Å². The largest absolute Gasteiger partial charge is 0.479 e. The van der Waals surface area contributed by atoms with Gasteiger partial charge in [0.25, 0.3) is 5.91 Å². The van der Waals surface area contributed by atoms with Crippen LogP contribution in [0.15, 0.2) is 48.7 Å². The van der Waals surface area contributed by atoms with Crippen LogP contribution in [0.5, 0.6) is 11.6 Å². The number of anilines is 1. The van der Waals surface area contributed by atoms with Crippen LogP contribution >= 0.6 is 23.2 Å². The van der Waals surface area contributed by atoms with Gasteiger partial charge in [-0.3, -0.25) is 4.79 Å². The van der Waals surface area contributed by atoms with Gasteiger partial charge in [-0.25, -0.2) is 18.9 Å². The number of esters is 1. The minimum absolute atomic E-state index is 0.0691. The van der Waals surface area contributed by atoms with Gasteiger partial charge in [-0.15, -0.1) is 5.10 Å². The van der Waals surface area contributed by atoms with E-state index in [4.69, 9.17) is 42.1 Å². The van der Waals surface area contributed by atoms with E-state index in [2.05, 4.69) is 20.2 Å². The molecule has 2 unspecified atom stereocenters. The number of rotatable bonds is 6. The molecule has 15 heteroatoms. The maximum atomic E-state index is 15.9. The number of aryl methyl sites for hydroxylation is 1. The minimum Gasteiger partial charge on any atom is -0.479 e. The highest BCUT2D eigenvalue weighted by atomic mass is 35.5. The molecule has 3 aliphatic rings. The first kappa shape index (κ1) is 33.2. The topological polar surface area (TPSA) is 121 Å². The van der Waals surface area contributed by atoms with Crippen molar-refractivity contribution in [3.05, 3.63) is 81.2 Å². The summed E-state index contributed by atoms with van der Waals surface area (Å²) in [6, 6.07) is 11.7. The fraction of sp³-hybridized carbons (Fsp3) is 0.306. The van der Waals surface area contributed by atoms with Gasteiger partial charge in [0.1, 0.15) is 17.1 Å². The summed E-state index contributed by atoms with van der Waals surface area (Å²) in [6.45, 7) is 1.07. The Bertz CT molecular complexity index is 2210. The van der Waals surface area contributed by atoms with E-state index in [1.54, 1.807) is 48.3 Å². The summed E-state index contributed by atoms with van der Waals surface area (Å²) in [5.41, 5.74) is 4.62. The molecule has 1 amide bonds. The molecule has 2 aromatic heterocycles. The van der Waals surface area contributed by atoms with E-state index in [1.165, 1.54) is 25.2 Å². The van der Waals surface area contributed by atoms with Crippen LogP contribution in [-0.2, 0) is 23.1 Å². The smallest absolute Gasteiger partial charge is 0.340 e. The fourth-order valence-corrected chi connectivity index (χ4v) is 8.02. The van der Waals surface area contributed by atoms with Crippen LogP contribution in [0, 0.1) is 5.82 Å². The lowest BCUT2D eigenvalue weighted by Crippen LogP contribution is -2.46. The van der Waals surface area contributed by atoms with Crippen LogP contribution in [-0.4, -0.2) is 83.0 Å². The highest BCUT2D eigenvalue weighted by molar-refractivity contribution is 6.40. The van der Waals surface area contributed by atoms with Crippen LogP contribution in [0.1, 0.15) is 39.1 Å². The number of carbonyl (C=O) groups excluding carboxylic acids is 2. The quantitative estimate of drug-likeness (QED) is 0.184. The van der Waals surface area contributed by atoms with Crippen molar-refractivity contribution in [1.82, 2.24) is 24.9 Å². The third kappa shape index (κ3) is 5.51. The Balaban J connectivity index is 1.11. The zero-order chi connectivity index (χ0) is 35.6. The molecule has 2 atom stereocenters. The number of hydrogen-bond donors (Lipinski definition) is 0. The Kier molecular flexibility index (Phi) is 8.44. The number of halogens is 3. The van der Waals surface area contributed by atoms with E-state index in [0.29, 0.717) is 63.8 Å². The Hall–Kier alpha value is -4.98. The first-order valence-electron chi connectivity index (χ1n) is 16.2. The first-order chi connectivity index (χ1) is 24.7. The normalized spacial score (nSPS) is 18.1. The molecule has 2 fully saturated rings. The number of fused-ring (bicyclic) bond motifs is 4. The van der Waals surface area contributed by atoms with E-state index in [1.807, 2.05) is 6.07 Å². The van der Waals surface area contributed by atoms with Gasteiger partial charge >= 0.3 is 5.97 Å². The highest BCUT2D eigenvalue weighted by Gasteiger charge is 2.40. The van der Waals surface area contributed by atoms with Gasteiger partial charge in [0.05, 0.1) is 72.9 Å². The molecule has 51 heavy (non-hydrogen) atoms. The SMILES string of the molecule is COC(=O)c1cc(F)c(-c2cccc3c2OCN(C(=O)c2c(Cl)cc(-c4cnc(OC)c5c4nnn5C)cc2Cl)C3)cc1N1C2CCC1COC2. The first-order valence-corrected chi connectivity index (χ1v) is 17.0. The number of para-hydroxylation sites is 1. The molecule has 0 N–H and O–H groups in total. The van der Waals surface area contributed by atoms with E-state index in [-0.39, 0.29) is 52.1 Å². The van der Waals surface area contributed by atoms with Crippen molar-refractivity contribution in [2.75, 3.05) is 39.1 Å². The van der Waals surface area contributed by atoms with Gasteiger partial charge in [-0.2, -0.15) is 0 Å². The molecule has 12 nitrogen and oxygen atoms in total. The second kappa shape index (κ2) is 13.0. The maximum Gasteiger partial charge on any atom is 0.340 e. The summed E-state index contributed by atoms with van der Waals surface area (Å²) < 4.78 is 39.9. The van der Waals surface area contributed by atoms with Crippen molar-refractivity contribution in [3.8, 4) is 33.9 Å². The Morgan fingerprint density at radius 1 is 1.00 bits per heavy atom. The predicted molar refractivity (Wildman–Crippen MR) is 187 cm³/mol. The van der Waals surface area contributed by atoms with Gasteiger partial charge < -0.3 is 28.7 Å². The number of aromatic nitrogens is 4. The summed E-state index contributed by atoms with van der Waals surface area (Å²) in [7, 11) is 4.53. The summed E-state index contributed by atoms with van der Waals surface area (Å²) in [4.78, 5) is 34.8. The van der Waals surface area contributed by atoms with Crippen molar-refractivity contribution in [2.24, 2.45) is 7.05 Å². The summed E-state index contributed by atoms with van der Waals surface area (Å²) >= 11 is 13.5. The van der Waals surface area contributed by atoms with Crippen LogP contribution in [0.4, 0.5) is 10.1 Å². The van der Waals surface area contributed by atoms with E-state index in [0.717, 1.165) is 12.8 Å². The van der Waals surface area contributed by atoms with Crippen molar-refractivity contribution in [3.63, 3.8) is 0 Å². The number of ether oxygens (including phenoxy) is 4. The third-order valence-corrected chi connectivity index (χ3v) is 10.4. The fourth-order valence-electron chi connectivity index (χ4n) is 7.37. The number of carbonyl (C=O) groups is 2. The number of benzene rings is 3. The van der Waals surface area contributed by atoms with Gasteiger partial charge in [0.15, 0.2) is 12.2 Å². The number of nitrogens with zero attached hydrogens (tertiary/aromatic N) is 6. The van der Waals surface area contributed by atoms with Crippen LogP contribution < -0.4 is 14.4 Å². The molecule has 262 valence electrons. The van der Waals surface area contributed by atoms with Crippen molar-refractivity contribution >= 4 is 51.8 Å². The molecule has 0 spiro atoms. The molecular weight excluding hydrogens is 702 g/mol. The second-order valence-corrected chi connectivity index (χ2v) is 13.5. The Labute approximate surface area is 301 Å². The van der Waals surface area contributed by atoms with Crippen LogP contribution in [0.3, 0.4) is 0 Å². The molecule has 3 aliphatic heterocycles. The zero-order valence-corrected chi connectivity index (χ0v) is 29.3. The number of pyridine rings is 1. The molecule has 0 saturated carbocycles. The molecule has 0 radical (unpaired) electrons. The lowest BCUT2D eigenvalue weighted by atomic mass is 9.96. The minimum atomic E-state index is -0.616. The van der Waals surface area contributed by atoms with E-state index >= 15 is 4.39 Å². The number of hydrogen-bond acceptors (Lipinski definition) is 10. The third-order valence-electron chi connectivity index (χ3n) is 9.76. The molecule has 2 saturated heterocycles. The highest BCUT2D eigenvalue weighted by Crippen LogP contribution is 2.44. The molecule has 2 bridgehead atoms. The van der Waals surface area contributed by atoms with Gasteiger partial charge in [0.2, 0.25) is 5.88 Å². The summed E-state index contributed by atoms with van der Waals surface area (Å²) in [5, 5.41) is 8.63. The standard InChI is InChI=1S/C36H31Cl2FN6O6/c1-43-32-31(41-42-43)25(13-40-34(32)48-2)19-9-26(37)30(27(38)10-19)35(46)44-14-18-5-4-6-22(33(18)51-17-44)23-12-29(24(11-28(23)39)36(47)49-3)45-20-7-8-21(45)16-50-15-20/h4-6,9-13,20-21H,7-8,14-17H2,1-3H3. The van der Waals surface area contributed by atoms with Crippen molar-refractivity contribution in [2.45, 2.75) is 31.5 Å².